The molecule has 0 saturated heterocycles. The van der Waals surface area contributed by atoms with Crippen molar-refractivity contribution in [3.8, 4) is 0 Å². The highest BCUT2D eigenvalue weighted by Crippen LogP contribution is 2.43. The number of nitrogens with two attached hydrogens (primary N) is 1. The Kier molecular flexibility index (Phi) is 2.66. The fourth-order valence-electron chi connectivity index (χ4n) is 3.59. The number of aliphatic hydroxyl groups is 1. The normalized spacial score (nSPS) is 30.4. The van der Waals surface area contributed by atoms with Crippen LogP contribution in [0.5, 0.6) is 0 Å². The number of aromatic nitrogens is 2. The van der Waals surface area contributed by atoms with Crippen LogP contribution in [-0.2, 0) is 11.8 Å². The zero-order valence-electron chi connectivity index (χ0n) is 11.3. The summed E-state index contributed by atoms with van der Waals surface area (Å²) in [5.74, 6) is 0.790. The van der Waals surface area contributed by atoms with E-state index in [4.69, 9.17) is 10.8 Å². The van der Waals surface area contributed by atoms with E-state index in [1.165, 1.54) is 5.56 Å². The Morgan fingerprint density at radius 3 is 2.72 bits per heavy atom. The average Bonchev–Trinajstić information content (AvgIpc) is 2.80. The van der Waals surface area contributed by atoms with Crippen molar-refractivity contribution in [2.24, 2.45) is 0 Å². The Hall–Kier alpha value is -1.03. The molecule has 0 radical (unpaired) electrons. The van der Waals surface area contributed by atoms with Crippen LogP contribution in [0.4, 0.5) is 5.82 Å². The number of nitrogens with zero attached hydrogens (tertiary/aromatic N) is 2. The smallest absolute Gasteiger partial charge is 0.126 e. The molecule has 1 aromatic rings. The molecule has 0 amide bonds. The summed E-state index contributed by atoms with van der Waals surface area (Å²) in [5, 5.41) is 14.8. The molecule has 0 aliphatic heterocycles. The zero-order valence-corrected chi connectivity index (χ0v) is 11.3. The van der Waals surface area contributed by atoms with Crippen molar-refractivity contribution in [2.45, 2.75) is 69.9 Å². The maximum absolute atomic E-state index is 10.2. The van der Waals surface area contributed by atoms with Crippen LogP contribution in [0.3, 0.4) is 0 Å². The standard InChI is InChI=1S/C14H23N3O/c1-14(2)8-7-9-12(14)13(15)17(16-9)10-5-3-4-6-11(10)18/h10-11,18H,3-8,15H2,1-2H3. The van der Waals surface area contributed by atoms with E-state index in [0.29, 0.717) is 0 Å². The highest BCUT2D eigenvalue weighted by atomic mass is 16.3. The monoisotopic (exact) mass is 249 g/mol. The van der Waals surface area contributed by atoms with Gasteiger partial charge in [0.15, 0.2) is 0 Å². The predicted molar refractivity (Wildman–Crippen MR) is 71.5 cm³/mol. The van der Waals surface area contributed by atoms with Gasteiger partial charge in [0.2, 0.25) is 0 Å². The van der Waals surface area contributed by atoms with Gasteiger partial charge in [-0.3, -0.25) is 0 Å². The second kappa shape index (κ2) is 3.98. The van der Waals surface area contributed by atoms with E-state index in [9.17, 15) is 5.11 Å². The third-order valence-corrected chi connectivity index (χ3v) is 4.69. The summed E-state index contributed by atoms with van der Waals surface area (Å²) in [4.78, 5) is 0. The van der Waals surface area contributed by atoms with E-state index in [1.807, 2.05) is 4.68 Å². The van der Waals surface area contributed by atoms with Gasteiger partial charge in [-0.2, -0.15) is 5.10 Å². The number of anilines is 1. The second-order valence-electron chi connectivity index (χ2n) is 6.45. The summed E-state index contributed by atoms with van der Waals surface area (Å²) in [6.45, 7) is 4.47. The lowest BCUT2D eigenvalue weighted by atomic mass is 9.87. The van der Waals surface area contributed by atoms with Gasteiger partial charge >= 0.3 is 0 Å². The van der Waals surface area contributed by atoms with Gasteiger partial charge in [-0.1, -0.05) is 26.7 Å². The first kappa shape index (κ1) is 12.0. The van der Waals surface area contributed by atoms with Gasteiger partial charge in [0.1, 0.15) is 5.82 Å². The minimum absolute atomic E-state index is 0.0835. The molecule has 3 rings (SSSR count). The van der Waals surface area contributed by atoms with E-state index < -0.39 is 0 Å². The number of rotatable bonds is 1. The summed E-state index contributed by atoms with van der Waals surface area (Å²) >= 11 is 0. The van der Waals surface area contributed by atoms with E-state index in [-0.39, 0.29) is 17.6 Å². The number of nitrogen functional groups attached to an aromatic ring is 1. The van der Waals surface area contributed by atoms with Crippen molar-refractivity contribution >= 4 is 5.82 Å². The van der Waals surface area contributed by atoms with E-state index in [1.54, 1.807) is 0 Å². The molecule has 3 N–H and O–H groups in total. The Balaban J connectivity index is 2.00. The van der Waals surface area contributed by atoms with Crippen molar-refractivity contribution in [1.82, 2.24) is 9.78 Å². The Labute approximate surface area is 108 Å². The minimum atomic E-state index is -0.288. The molecule has 2 aliphatic rings. The van der Waals surface area contributed by atoms with Gasteiger partial charge < -0.3 is 10.8 Å². The van der Waals surface area contributed by atoms with Crippen molar-refractivity contribution in [1.29, 1.82) is 0 Å². The molecule has 18 heavy (non-hydrogen) atoms. The maximum Gasteiger partial charge on any atom is 0.126 e. The van der Waals surface area contributed by atoms with Crippen LogP contribution in [0.2, 0.25) is 0 Å². The lowest BCUT2D eigenvalue weighted by molar-refractivity contribution is 0.0702. The molecular formula is C14H23N3O. The van der Waals surface area contributed by atoms with Gasteiger partial charge in [0, 0.05) is 5.56 Å². The van der Waals surface area contributed by atoms with Gasteiger partial charge in [-0.15, -0.1) is 0 Å². The highest BCUT2D eigenvalue weighted by molar-refractivity contribution is 5.51. The van der Waals surface area contributed by atoms with Crippen LogP contribution in [0.25, 0.3) is 0 Å². The van der Waals surface area contributed by atoms with Gasteiger partial charge in [-0.25, -0.2) is 4.68 Å². The molecule has 2 unspecified atom stereocenters. The van der Waals surface area contributed by atoms with Crippen molar-refractivity contribution < 1.29 is 5.11 Å². The first-order valence-electron chi connectivity index (χ1n) is 7.06. The molecule has 1 saturated carbocycles. The average molecular weight is 249 g/mol. The van der Waals surface area contributed by atoms with Crippen molar-refractivity contribution in [3.05, 3.63) is 11.3 Å². The number of hydrogen-bond donors (Lipinski definition) is 2. The topological polar surface area (TPSA) is 64.1 Å². The molecule has 1 aromatic heterocycles. The molecule has 4 nitrogen and oxygen atoms in total. The molecular weight excluding hydrogens is 226 g/mol. The second-order valence-corrected chi connectivity index (χ2v) is 6.45. The molecule has 2 atom stereocenters. The fraction of sp³-hybridized carbons (Fsp3) is 0.786. The predicted octanol–water partition coefficient (Wildman–Crippen LogP) is 2.17. The summed E-state index contributed by atoms with van der Waals surface area (Å²) < 4.78 is 1.91. The Morgan fingerprint density at radius 2 is 2.06 bits per heavy atom. The van der Waals surface area contributed by atoms with Gasteiger partial charge in [-0.05, 0) is 31.1 Å². The maximum atomic E-state index is 10.2. The lowest BCUT2D eigenvalue weighted by Gasteiger charge is -2.29. The van der Waals surface area contributed by atoms with Crippen LogP contribution in [0.15, 0.2) is 0 Å². The van der Waals surface area contributed by atoms with Gasteiger partial charge in [0.05, 0.1) is 17.8 Å². The Bertz CT molecular complexity index is 464. The number of fused-ring (bicyclic) bond motifs is 1. The van der Waals surface area contributed by atoms with Gasteiger partial charge in [0.25, 0.3) is 0 Å². The SMILES string of the molecule is CC1(C)CCc2nn(C3CCCCC3O)c(N)c21. The van der Waals surface area contributed by atoms with Crippen LogP contribution in [0, 0.1) is 0 Å². The van der Waals surface area contributed by atoms with Crippen LogP contribution < -0.4 is 5.73 Å². The molecule has 0 spiro atoms. The largest absolute Gasteiger partial charge is 0.391 e. The van der Waals surface area contributed by atoms with Crippen molar-refractivity contribution in [3.63, 3.8) is 0 Å². The first-order valence-corrected chi connectivity index (χ1v) is 7.06. The zero-order chi connectivity index (χ0) is 12.9. The molecule has 0 aromatic carbocycles. The molecule has 2 aliphatic carbocycles. The minimum Gasteiger partial charge on any atom is -0.391 e. The van der Waals surface area contributed by atoms with E-state index >= 15 is 0 Å². The van der Waals surface area contributed by atoms with Crippen LogP contribution in [0.1, 0.15) is 63.3 Å². The number of aliphatic hydroxyl groups excluding tert-OH is 1. The third kappa shape index (κ3) is 1.66. The summed E-state index contributed by atoms with van der Waals surface area (Å²) in [6, 6.07) is 0.0835. The Morgan fingerprint density at radius 1 is 1.33 bits per heavy atom. The molecule has 1 heterocycles. The van der Waals surface area contributed by atoms with Crippen LogP contribution in [-0.4, -0.2) is 21.0 Å². The van der Waals surface area contributed by atoms with E-state index in [0.717, 1.165) is 50.0 Å². The van der Waals surface area contributed by atoms with E-state index in [2.05, 4.69) is 13.8 Å². The molecule has 0 bridgehead atoms. The first-order chi connectivity index (χ1) is 8.50. The van der Waals surface area contributed by atoms with Crippen LogP contribution >= 0.6 is 0 Å². The highest BCUT2D eigenvalue weighted by Gasteiger charge is 2.38. The molecule has 100 valence electrons. The number of hydrogen-bond acceptors (Lipinski definition) is 3. The molecule has 4 heteroatoms. The summed E-state index contributed by atoms with van der Waals surface area (Å²) in [6.07, 6.45) is 6.00. The summed E-state index contributed by atoms with van der Waals surface area (Å²) in [7, 11) is 0. The fourth-order valence-corrected chi connectivity index (χ4v) is 3.59. The lowest BCUT2D eigenvalue weighted by Crippen LogP contribution is -2.29. The molecule has 1 fully saturated rings. The quantitative estimate of drug-likeness (QED) is 0.801. The third-order valence-electron chi connectivity index (χ3n) is 4.69. The van der Waals surface area contributed by atoms with Crippen molar-refractivity contribution in [2.75, 3.05) is 5.73 Å². The number of aryl methyl sites for hydroxylation is 1. The summed E-state index contributed by atoms with van der Waals surface area (Å²) in [5.41, 5.74) is 8.82.